The van der Waals surface area contributed by atoms with Crippen LogP contribution in [0.4, 0.5) is 0 Å². The van der Waals surface area contributed by atoms with Gasteiger partial charge in [0.25, 0.3) is 0 Å². The molecule has 16 heavy (non-hydrogen) atoms. The number of rotatable bonds is 1. The minimum absolute atomic E-state index is 0.317. The molecule has 1 aromatic rings. The number of hydrogen-bond acceptors (Lipinski definition) is 1. The fourth-order valence-corrected chi connectivity index (χ4v) is 3.75. The quantitative estimate of drug-likeness (QED) is 0.756. The van der Waals surface area contributed by atoms with Crippen molar-refractivity contribution in [2.75, 3.05) is 6.54 Å². The van der Waals surface area contributed by atoms with Crippen LogP contribution in [0.5, 0.6) is 0 Å². The van der Waals surface area contributed by atoms with Gasteiger partial charge in [0.1, 0.15) is 0 Å². The fourth-order valence-electron chi connectivity index (χ4n) is 3.75. The second kappa shape index (κ2) is 4.21. The van der Waals surface area contributed by atoms with Gasteiger partial charge >= 0.3 is 0 Å². The lowest BCUT2D eigenvalue weighted by molar-refractivity contribution is 0.101. The molecule has 0 bridgehead atoms. The van der Waals surface area contributed by atoms with Crippen LogP contribution in [0.1, 0.15) is 44.1 Å². The van der Waals surface area contributed by atoms with Crippen LogP contribution in [0, 0.1) is 5.92 Å². The van der Waals surface area contributed by atoms with E-state index in [2.05, 4.69) is 35.6 Å². The minimum Gasteiger partial charge on any atom is -0.307 e. The Hall–Kier alpha value is -0.820. The van der Waals surface area contributed by atoms with Crippen molar-refractivity contribution in [3.05, 3.63) is 35.9 Å². The third kappa shape index (κ3) is 1.58. The molecule has 1 N–H and O–H groups in total. The van der Waals surface area contributed by atoms with E-state index in [1.54, 1.807) is 0 Å². The van der Waals surface area contributed by atoms with Gasteiger partial charge in [0.2, 0.25) is 0 Å². The Bertz CT molecular complexity index is 332. The molecule has 0 aromatic heterocycles. The summed E-state index contributed by atoms with van der Waals surface area (Å²) in [5.74, 6) is 0.873. The molecule has 0 unspecified atom stereocenters. The molecule has 0 amide bonds. The first kappa shape index (κ1) is 10.3. The van der Waals surface area contributed by atoms with Crippen LogP contribution in [0.25, 0.3) is 0 Å². The summed E-state index contributed by atoms with van der Waals surface area (Å²) in [6.45, 7) is 1.20. The lowest BCUT2D eigenvalue weighted by atomic mass is 9.65. The fraction of sp³-hybridized carbons (Fsp3) is 0.600. The number of nitrogens with one attached hydrogen (secondary N) is 1. The second-order valence-electron chi connectivity index (χ2n) is 5.35. The third-order valence-electron chi connectivity index (χ3n) is 4.53. The molecule has 1 aromatic carbocycles. The zero-order chi connectivity index (χ0) is 10.8. The maximum absolute atomic E-state index is 3.85. The smallest absolute Gasteiger partial charge is 0.0463 e. The van der Waals surface area contributed by atoms with Crippen molar-refractivity contribution in [2.24, 2.45) is 5.92 Å². The molecule has 1 nitrogen and oxygen atoms in total. The summed E-state index contributed by atoms with van der Waals surface area (Å²) < 4.78 is 0. The van der Waals surface area contributed by atoms with E-state index in [0.29, 0.717) is 5.54 Å². The van der Waals surface area contributed by atoms with E-state index in [0.717, 1.165) is 5.92 Å². The maximum atomic E-state index is 3.85. The Morgan fingerprint density at radius 2 is 1.81 bits per heavy atom. The Morgan fingerprint density at radius 3 is 2.69 bits per heavy atom. The highest BCUT2D eigenvalue weighted by molar-refractivity contribution is 5.27. The second-order valence-corrected chi connectivity index (χ2v) is 5.35. The molecule has 3 rings (SSSR count). The highest BCUT2D eigenvalue weighted by Gasteiger charge is 2.42. The Balaban J connectivity index is 1.98. The molecule has 2 atom stereocenters. The number of hydrogen-bond donors (Lipinski definition) is 1. The van der Waals surface area contributed by atoms with Crippen molar-refractivity contribution >= 4 is 0 Å². The zero-order valence-electron chi connectivity index (χ0n) is 9.91. The van der Waals surface area contributed by atoms with Gasteiger partial charge in [-0.3, -0.25) is 0 Å². The van der Waals surface area contributed by atoms with Crippen molar-refractivity contribution in [1.29, 1.82) is 0 Å². The normalized spacial score (nSPS) is 34.4. The van der Waals surface area contributed by atoms with E-state index in [9.17, 15) is 0 Å². The first-order valence-electron chi connectivity index (χ1n) is 6.72. The summed E-state index contributed by atoms with van der Waals surface area (Å²) in [6.07, 6.45) is 8.35. The van der Waals surface area contributed by atoms with Crippen LogP contribution in [0.15, 0.2) is 30.3 Å². The topological polar surface area (TPSA) is 12.0 Å². The predicted molar refractivity (Wildman–Crippen MR) is 67.3 cm³/mol. The Kier molecular flexibility index (Phi) is 2.72. The van der Waals surface area contributed by atoms with Gasteiger partial charge in [-0.1, -0.05) is 43.2 Å². The van der Waals surface area contributed by atoms with Gasteiger partial charge in [0.05, 0.1) is 0 Å². The highest BCUT2D eigenvalue weighted by Crippen LogP contribution is 2.45. The van der Waals surface area contributed by atoms with Gasteiger partial charge in [-0.15, -0.1) is 0 Å². The summed E-state index contributed by atoms with van der Waals surface area (Å²) >= 11 is 0. The first-order chi connectivity index (χ1) is 7.92. The average Bonchev–Trinajstić information content (AvgIpc) is 2.40. The molecule has 86 valence electrons. The van der Waals surface area contributed by atoms with Crippen LogP contribution in [0.3, 0.4) is 0 Å². The van der Waals surface area contributed by atoms with Gasteiger partial charge < -0.3 is 5.32 Å². The lowest BCUT2D eigenvalue weighted by Gasteiger charge is -2.48. The van der Waals surface area contributed by atoms with Crippen LogP contribution in [-0.4, -0.2) is 6.54 Å². The van der Waals surface area contributed by atoms with Crippen LogP contribution < -0.4 is 5.32 Å². The molecule has 2 aliphatic rings. The SMILES string of the molecule is c1ccc([C@]23CCCC[C@H]2CCCN3)cc1. The van der Waals surface area contributed by atoms with E-state index in [1.807, 2.05) is 0 Å². The van der Waals surface area contributed by atoms with E-state index < -0.39 is 0 Å². The van der Waals surface area contributed by atoms with Crippen molar-refractivity contribution in [3.63, 3.8) is 0 Å². The largest absolute Gasteiger partial charge is 0.307 e. The van der Waals surface area contributed by atoms with Crippen molar-refractivity contribution in [2.45, 2.75) is 44.1 Å². The van der Waals surface area contributed by atoms with Gasteiger partial charge in [0.15, 0.2) is 0 Å². The molecule has 1 aliphatic carbocycles. The number of benzene rings is 1. The van der Waals surface area contributed by atoms with Gasteiger partial charge in [-0.05, 0) is 43.7 Å². The Labute approximate surface area is 98.3 Å². The number of piperidine rings is 1. The highest BCUT2D eigenvalue weighted by atomic mass is 15.0. The maximum Gasteiger partial charge on any atom is 0.0463 e. The van der Waals surface area contributed by atoms with Crippen LogP contribution in [0.2, 0.25) is 0 Å². The molecule has 1 saturated heterocycles. The van der Waals surface area contributed by atoms with E-state index in [1.165, 1.54) is 50.6 Å². The minimum atomic E-state index is 0.317. The van der Waals surface area contributed by atoms with Gasteiger partial charge in [-0.2, -0.15) is 0 Å². The molecular weight excluding hydrogens is 194 g/mol. The summed E-state index contributed by atoms with van der Waals surface area (Å²) in [5.41, 5.74) is 1.84. The summed E-state index contributed by atoms with van der Waals surface area (Å²) in [6, 6.07) is 11.1. The standard InChI is InChI=1S/C15H21N/c1-2-7-13(8-3-1)15-11-5-4-9-14(15)10-6-12-16-15/h1-3,7-8,14,16H,4-6,9-12H2/t14-,15+/m0/s1. The number of fused-ring (bicyclic) bond motifs is 1. The molecule has 0 radical (unpaired) electrons. The molecule has 0 spiro atoms. The first-order valence-corrected chi connectivity index (χ1v) is 6.72. The lowest BCUT2D eigenvalue weighted by Crippen LogP contribution is -2.53. The van der Waals surface area contributed by atoms with Crippen LogP contribution >= 0.6 is 0 Å². The molecule has 1 aliphatic heterocycles. The molecule has 1 heterocycles. The van der Waals surface area contributed by atoms with E-state index >= 15 is 0 Å². The monoisotopic (exact) mass is 215 g/mol. The van der Waals surface area contributed by atoms with Crippen molar-refractivity contribution < 1.29 is 0 Å². The Morgan fingerprint density at radius 1 is 1.00 bits per heavy atom. The third-order valence-corrected chi connectivity index (χ3v) is 4.53. The molecule has 1 saturated carbocycles. The van der Waals surface area contributed by atoms with E-state index in [4.69, 9.17) is 0 Å². The summed E-state index contributed by atoms with van der Waals surface area (Å²) in [7, 11) is 0. The zero-order valence-corrected chi connectivity index (χ0v) is 9.91. The van der Waals surface area contributed by atoms with Crippen molar-refractivity contribution in [1.82, 2.24) is 5.32 Å². The van der Waals surface area contributed by atoms with E-state index in [-0.39, 0.29) is 0 Å². The average molecular weight is 215 g/mol. The molecule has 1 heteroatoms. The summed E-state index contributed by atoms with van der Waals surface area (Å²) in [5, 5.41) is 3.85. The van der Waals surface area contributed by atoms with Crippen molar-refractivity contribution in [3.8, 4) is 0 Å². The van der Waals surface area contributed by atoms with Gasteiger partial charge in [-0.25, -0.2) is 0 Å². The molecular formula is C15H21N. The van der Waals surface area contributed by atoms with Gasteiger partial charge in [0, 0.05) is 5.54 Å². The van der Waals surface area contributed by atoms with Crippen LogP contribution in [-0.2, 0) is 5.54 Å². The summed E-state index contributed by atoms with van der Waals surface area (Å²) in [4.78, 5) is 0. The molecule has 2 fully saturated rings. The predicted octanol–water partition coefficient (Wildman–Crippen LogP) is 3.46.